The highest BCUT2D eigenvalue weighted by Gasteiger charge is 2.55. The molecule has 2 aliphatic heterocycles. The molecule has 0 radical (unpaired) electrons. The van der Waals surface area contributed by atoms with E-state index in [2.05, 4.69) is 4.98 Å². The van der Waals surface area contributed by atoms with Crippen LogP contribution in [0.25, 0.3) is 0 Å². The van der Waals surface area contributed by atoms with Gasteiger partial charge in [-0.3, -0.25) is 24.3 Å². The third-order valence-corrected chi connectivity index (χ3v) is 7.41. The van der Waals surface area contributed by atoms with Crippen LogP contribution < -0.4 is 0 Å². The number of imide groups is 1. The van der Waals surface area contributed by atoms with Crippen molar-refractivity contribution < 1.29 is 18.8 Å². The maximum atomic E-state index is 14.0. The first-order chi connectivity index (χ1) is 17.4. The Labute approximate surface area is 209 Å². The van der Waals surface area contributed by atoms with E-state index in [9.17, 15) is 18.8 Å². The van der Waals surface area contributed by atoms with Gasteiger partial charge in [-0.25, -0.2) is 4.39 Å². The highest BCUT2D eigenvalue weighted by atomic mass is 19.1. The van der Waals surface area contributed by atoms with Crippen LogP contribution in [-0.2, 0) is 26.3 Å². The van der Waals surface area contributed by atoms with Crippen LogP contribution in [0, 0.1) is 12.7 Å². The zero-order chi connectivity index (χ0) is 25.3. The summed E-state index contributed by atoms with van der Waals surface area (Å²) in [6.07, 6.45) is 4.72. The average Bonchev–Trinajstić information content (AvgIpc) is 3.45. The van der Waals surface area contributed by atoms with Gasteiger partial charge in [-0.2, -0.15) is 0 Å². The fraction of sp³-hybridized carbons (Fsp3) is 0.310. The minimum atomic E-state index is -1.27. The molecule has 7 heteroatoms. The maximum absolute atomic E-state index is 14.0. The molecule has 3 heterocycles. The van der Waals surface area contributed by atoms with Crippen LogP contribution in [0.15, 0.2) is 73.1 Å². The summed E-state index contributed by atoms with van der Waals surface area (Å²) in [6.45, 7) is 2.59. The molecule has 36 heavy (non-hydrogen) atoms. The molecule has 0 spiro atoms. The number of carbonyl (C=O) groups is 3. The molecule has 3 aromatic rings. The molecule has 1 aromatic heterocycles. The van der Waals surface area contributed by atoms with Crippen LogP contribution in [0.2, 0.25) is 0 Å². The Morgan fingerprint density at radius 2 is 1.86 bits per heavy atom. The van der Waals surface area contributed by atoms with E-state index in [1.165, 1.54) is 17.0 Å². The maximum Gasteiger partial charge on any atom is 0.241 e. The van der Waals surface area contributed by atoms with Crippen molar-refractivity contribution in [3.63, 3.8) is 0 Å². The van der Waals surface area contributed by atoms with Crippen molar-refractivity contribution in [1.82, 2.24) is 14.8 Å². The molecule has 2 atom stereocenters. The molecule has 0 bridgehead atoms. The first kappa shape index (κ1) is 23.9. The number of nitrogens with zero attached hydrogens (tertiary/aromatic N) is 3. The highest BCUT2D eigenvalue weighted by molar-refractivity contribution is 6.10. The lowest BCUT2D eigenvalue weighted by molar-refractivity contribution is -0.143. The van der Waals surface area contributed by atoms with Crippen molar-refractivity contribution >= 4 is 17.7 Å². The quantitative estimate of drug-likeness (QED) is 0.483. The number of halogens is 1. The number of pyridine rings is 1. The number of aryl methyl sites for hydroxylation is 1. The number of amides is 3. The molecule has 2 aromatic carbocycles. The molecule has 2 aliphatic rings. The largest absolute Gasteiger partial charge is 0.336 e. The summed E-state index contributed by atoms with van der Waals surface area (Å²) in [6, 6.07) is 17.1. The summed E-state index contributed by atoms with van der Waals surface area (Å²) < 4.78 is 13.5. The molecule has 2 saturated heterocycles. The topological polar surface area (TPSA) is 70.6 Å². The summed E-state index contributed by atoms with van der Waals surface area (Å²) in [5.41, 5.74) is 1.94. The zero-order valence-electron chi connectivity index (χ0n) is 20.2. The first-order valence-corrected chi connectivity index (χ1v) is 12.2. The second kappa shape index (κ2) is 9.64. The van der Waals surface area contributed by atoms with Crippen molar-refractivity contribution in [1.29, 1.82) is 0 Å². The van der Waals surface area contributed by atoms with Crippen LogP contribution >= 0.6 is 0 Å². The standard InChI is InChI=1S/C29H28FN3O3/c1-20-6-2-3-8-24(20)29(17-27(35)33(28(29)36)19-21-7-4-14-31-18-21)16-26(34)32-15-5-9-25(32)22-10-12-23(30)13-11-22/h2-4,6-8,10-14,18,25H,5,9,15-17,19H2,1H3/t25-,29-/m0/s1. The van der Waals surface area contributed by atoms with Crippen molar-refractivity contribution in [2.24, 2.45) is 0 Å². The van der Waals surface area contributed by atoms with E-state index in [1.807, 2.05) is 37.3 Å². The Morgan fingerprint density at radius 1 is 1.08 bits per heavy atom. The molecule has 0 N–H and O–H groups in total. The number of aromatic nitrogens is 1. The van der Waals surface area contributed by atoms with Gasteiger partial charge in [0.2, 0.25) is 17.7 Å². The minimum absolute atomic E-state index is 0.0578. The van der Waals surface area contributed by atoms with E-state index in [1.54, 1.807) is 35.5 Å². The first-order valence-electron chi connectivity index (χ1n) is 12.2. The number of rotatable bonds is 6. The number of hydrogen-bond donors (Lipinski definition) is 0. The molecule has 0 unspecified atom stereocenters. The van der Waals surface area contributed by atoms with Crippen molar-refractivity contribution in [2.45, 2.75) is 50.6 Å². The lowest BCUT2D eigenvalue weighted by Gasteiger charge is -2.32. The predicted molar refractivity (Wildman–Crippen MR) is 132 cm³/mol. The Morgan fingerprint density at radius 3 is 2.58 bits per heavy atom. The molecule has 184 valence electrons. The highest BCUT2D eigenvalue weighted by Crippen LogP contribution is 2.43. The Kier molecular flexibility index (Phi) is 6.39. The molecule has 2 fully saturated rings. The van der Waals surface area contributed by atoms with Crippen LogP contribution in [0.3, 0.4) is 0 Å². The molecule has 5 rings (SSSR count). The van der Waals surface area contributed by atoms with Gasteiger partial charge in [0.1, 0.15) is 5.82 Å². The van der Waals surface area contributed by atoms with Gasteiger partial charge in [-0.05, 0) is 60.2 Å². The van der Waals surface area contributed by atoms with Crippen LogP contribution in [0.5, 0.6) is 0 Å². The average molecular weight is 486 g/mol. The van der Waals surface area contributed by atoms with Crippen LogP contribution in [0.4, 0.5) is 4.39 Å². The molecular formula is C29H28FN3O3. The predicted octanol–water partition coefficient (Wildman–Crippen LogP) is 4.48. The lowest BCUT2D eigenvalue weighted by Crippen LogP contribution is -2.43. The molecule has 0 saturated carbocycles. The molecule has 0 aliphatic carbocycles. The van der Waals surface area contributed by atoms with Gasteiger partial charge in [-0.1, -0.05) is 42.5 Å². The van der Waals surface area contributed by atoms with E-state index in [0.29, 0.717) is 12.1 Å². The monoisotopic (exact) mass is 485 g/mol. The Hall–Kier alpha value is -3.87. The van der Waals surface area contributed by atoms with Gasteiger partial charge < -0.3 is 4.90 Å². The normalized spacial score (nSPS) is 21.9. The summed E-state index contributed by atoms with van der Waals surface area (Å²) in [5.74, 6) is -1.14. The van der Waals surface area contributed by atoms with Gasteiger partial charge in [0, 0.05) is 31.8 Å². The number of hydrogen-bond acceptors (Lipinski definition) is 4. The number of benzene rings is 2. The smallest absolute Gasteiger partial charge is 0.241 e. The molecular weight excluding hydrogens is 457 g/mol. The van der Waals surface area contributed by atoms with E-state index in [4.69, 9.17) is 0 Å². The van der Waals surface area contributed by atoms with Crippen molar-refractivity contribution in [3.8, 4) is 0 Å². The van der Waals surface area contributed by atoms with Gasteiger partial charge in [0.15, 0.2) is 0 Å². The second-order valence-electron chi connectivity index (χ2n) is 9.69. The lowest BCUT2D eigenvalue weighted by atomic mass is 9.73. The minimum Gasteiger partial charge on any atom is -0.336 e. The number of likely N-dealkylation sites (tertiary alicyclic amines) is 2. The third-order valence-electron chi connectivity index (χ3n) is 7.41. The summed E-state index contributed by atoms with van der Waals surface area (Å²) in [7, 11) is 0. The fourth-order valence-electron chi connectivity index (χ4n) is 5.65. The van der Waals surface area contributed by atoms with E-state index >= 15 is 0 Å². The summed E-state index contributed by atoms with van der Waals surface area (Å²) >= 11 is 0. The van der Waals surface area contributed by atoms with E-state index < -0.39 is 5.41 Å². The van der Waals surface area contributed by atoms with Crippen LogP contribution in [0.1, 0.15) is 54.0 Å². The Balaban J connectivity index is 1.48. The summed E-state index contributed by atoms with van der Waals surface area (Å²) in [4.78, 5) is 48.2. The van der Waals surface area contributed by atoms with Gasteiger partial charge in [0.05, 0.1) is 18.0 Å². The van der Waals surface area contributed by atoms with Gasteiger partial charge in [0.25, 0.3) is 0 Å². The Bertz CT molecular complexity index is 1290. The van der Waals surface area contributed by atoms with Crippen LogP contribution in [-0.4, -0.2) is 39.1 Å². The summed E-state index contributed by atoms with van der Waals surface area (Å²) in [5, 5.41) is 0. The zero-order valence-corrected chi connectivity index (χ0v) is 20.2. The van der Waals surface area contributed by atoms with Crippen molar-refractivity contribution in [3.05, 3.63) is 101 Å². The van der Waals surface area contributed by atoms with Gasteiger partial charge in [-0.15, -0.1) is 0 Å². The molecule has 6 nitrogen and oxygen atoms in total. The van der Waals surface area contributed by atoms with Crippen molar-refractivity contribution in [2.75, 3.05) is 6.54 Å². The third kappa shape index (κ3) is 4.30. The number of carbonyl (C=O) groups excluding carboxylic acids is 3. The fourth-order valence-corrected chi connectivity index (χ4v) is 5.65. The van der Waals surface area contributed by atoms with E-state index in [-0.39, 0.29) is 49.0 Å². The van der Waals surface area contributed by atoms with Gasteiger partial charge >= 0.3 is 0 Å². The molecule has 3 amide bonds. The van der Waals surface area contributed by atoms with E-state index in [0.717, 1.165) is 29.5 Å². The second-order valence-corrected chi connectivity index (χ2v) is 9.69. The SMILES string of the molecule is Cc1ccccc1[C@]1(CC(=O)N2CCC[C@H]2c2ccc(F)cc2)CC(=O)N(Cc2cccnc2)C1=O.